The molecule has 0 unspecified atom stereocenters. The highest BCUT2D eigenvalue weighted by atomic mass is 79.9. The molecule has 2 aromatic rings. The third-order valence-electron chi connectivity index (χ3n) is 2.72. The number of hydrogen-bond acceptors (Lipinski definition) is 2. The van der Waals surface area contributed by atoms with Crippen molar-refractivity contribution < 1.29 is 9.18 Å². The first kappa shape index (κ1) is 15.2. The zero-order chi connectivity index (χ0) is 15.2. The maximum atomic E-state index is 13.3. The minimum atomic E-state index is -0.460. The van der Waals surface area contributed by atoms with Crippen molar-refractivity contribution in [2.45, 2.75) is 6.92 Å². The summed E-state index contributed by atoms with van der Waals surface area (Å²) in [5.41, 5.74) is 4.53. The second-order valence-corrected chi connectivity index (χ2v) is 5.17. The Bertz CT molecular complexity index is 688. The summed E-state index contributed by atoms with van der Waals surface area (Å²) in [6, 6.07) is 11.5. The summed E-state index contributed by atoms with van der Waals surface area (Å²) in [6.45, 7) is 1.89. The van der Waals surface area contributed by atoms with Crippen LogP contribution in [-0.2, 0) is 0 Å². The van der Waals surface area contributed by atoms with Gasteiger partial charge in [-0.3, -0.25) is 0 Å². The predicted octanol–water partition coefficient (Wildman–Crippen LogP) is 4.05. The van der Waals surface area contributed by atoms with Crippen LogP contribution in [0.15, 0.2) is 52.0 Å². The standard InChI is InChI=1S/C15H13BrFN3O/c1-10-4-2-3-5-14(10)19-15(21)20-18-9-11-6-7-12(16)13(17)8-11/h2-9H,1H3,(H2,19,20,21)/b18-9+. The largest absolute Gasteiger partial charge is 0.339 e. The molecule has 2 amide bonds. The Morgan fingerprint density at radius 1 is 1.29 bits per heavy atom. The van der Waals surface area contributed by atoms with Crippen molar-refractivity contribution in [3.05, 3.63) is 63.9 Å². The predicted molar refractivity (Wildman–Crippen MR) is 85.0 cm³/mol. The lowest BCUT2D eigenvalue weighted by Gasteiger charge is -2.06. The average molecular weight is 350 g/mol. The van der Waals surface area contributed by atoms with Crippen LogP contribution >= 0.6 is 15.9 Å². The van der Waals surface area contributed by atoms with Crippen molar-refractivity contribution in [3.8, 4) is 0 Å². The molecule has 0 spiro atoms. The highest BCUT2D eigenvalue weighted by Gasteiger charge is 2.02. The minimum absolute atomic E-state index is 0.380. The molecule has 0 aliphatic carbocycles. The monoisotopic (exact) mass is 349 g/mol. The van der Waals surface area contributed by atoms with Crippen LogP contribution in [0.2, 0.25) is 0 Å². The van der Waals surface area contributed by atoms with Gasteiger partial charge in [0.25, 0.3) is 0 Å². The van der Waals surface area contributed by atoms with Crippen LogP contribution in [0.25, 0.3) is 0 Å². The van der Waals surface area contributed by atoms with Crippen molar-refractivity contribution >= 4 is 33.9 Å². The van der Waals surface area contributed by atoms with E-state index >= 15 is 0 Å². The quantitative estimate of drug-likeness (QED) is 0.637. The van der Waals surface area contributed by atoms with E-state index in [2.05, 4.69) is 31.8 Å². The number of carbonyl (C=O) groups excluding carboxylic acids is 1. The van der Waals surface area contributed by atoms with Crippen molar-refractivity contribution in [1.82, 2.24) is 5.43 Å². The molecule has 0 atom stereocenters. The molecular weight excluding hydrogens is 337 g/mol. The van der Waals surface area contributed by atoms with E-state index in [1.54, 1.807) is 18.2 Å². The molecule has 0 aliphatic rings. The summed E-state index contributed by atoms with van der Waals surface area (Å²) in [4.78, 5) is 11.7. The molecule has 108 valence electrons. The van der Waals surface area contributed by atoms with Crippen molar-refractivity contribution in [2.75, 3.05) is 5.32 Å². The molecule has 0 bridgehead atoms. The molecule has 0 saturated carbocycles. The number of aryl methyl sites for hydroxylation is 1. The number of urea groups is 1. The number of nitrogens with one attached hydrogen (secondary N) is 2. The Morgan fingerprint density at radius 2 is 2.05 bits per heavy atom. The lowest BCUT2D eigenvalue weighted by Crippen LogP contribution is -2.24. The number of anilines is 1. The van der Waals surface area contributed by atoms with Gasteiger partial charge in [-0.15, -0.1) is 0 Å². The first-order valence-corrected chi connectivity index (χ1v) is 6.96. The normalized spacial score (nSPS) is 10.6. The molecule has 0 aromatic heterocycles. The van der Waals surface area contributed by atoms with Crippen LogP contribution in [-0.4, -0.2) is 12.2 Å². The van der Waals surface area contributed by atoms with Gasteiger partial charge >= 0.3 is 6.03 Å². The number of carbonyl (C=O) groups is 1. The van der Waals surface area contributed by atoms with Gasteiger partial charge in [-0.05, 0) is 52.2 Å². The van der Waals surface area contributed by atoms with Crippen LogP contribution in [0.1, 0.15) is 11.1 Å². The van der Waals surface area contributed by atoms with Gasteiger partial charge in [-0.25, -0.2) is 14.6 Å². The molecule has 0 heterocycles. The number of benzene rings is 2. The lowest BCUT2D eigenvalue weighted by atomic mass is 10.2. The number of nitrogens with zero attached hydrogens (tertiary/aromatic N) is 1. The highest BCUT2D eigenvalue weighted by Crippen LogP contribution is 2.15. The van der Waals surface area contributed by atoms with E-state index in [0.29, 0.717) is 15.7 Å². The number of para-hydroxylation sites is 1. The van der Waals surface area contributed by atoms with Crippen LogP contribution in [0.5, 0.6) is 0 Å². The Morgan fingerprint density at radius 3 is 2.76 bits per heavy atom. The fraction of sp³-hybridized carbons (Fsp3) is 0.0667. The first-order valence-electron chi connectivity index (χ1n) is 6.17. The molecule has 0 aliphatic heterocycles. The van der Waals surface area contributed by atoms with E-state index in [1.165, 1.54) is 12.3 Å². The highest BCUT2D eigenvalue weighted by molar-refractivity contribution is 9.10. The average Bonchev–Trinajstić information content (AvgIpc) is 2.45. The number of halogens is 2. The van der Waals surface area contributed by atoms with E-state index < -0.39 is 6.03 Å². The van der Waals surface area contributed by atoms with E-state index in [0.717, 1.165) is 5.56 Å². The number of hydrazone groups is 1. The molecule has 0 saturated heterocycles. The molecular formula is C15H13BrFN3O. The van der Waals surface area contributed by atoms with Gasteiger partial charge in [0, 0.05) is 5.69 Å². The molecule has 2 N–H and O–H groups in total. The van der Waals surface area contributed by atoms with Gasteiger partial charge < -0.3 is 5.32 Å². The third kappa shape index (κ3) is 4.39. The second-order valence-electron chi connectivity index (χ2n) is 4.31. The molecule has 2 aromatic carbocycles. The Labute approximate surface area is 130 Å². The van der Waals surface area contributed by atoms with Crippen LogP contribution in [0.3, 0.4) is 0 Å². The first-order chi connectivity index (χ1) is 10.1. The lowest BCUT2D eigenvalue weighted by molar-refractivity contribution is 0.252. The van der Waals surface area contributed by atoms with Gasteiger partial charge in [0.1, 0.15) is 5.82 Å². The minimum Gasteiger partial charge on any atom is -0.306 e. The maximum Gasteiger partial charge on any atom is 0.339 e. The van der Waals surface area contributed by atoms with E-state index in [4.69, 9.17) is 0 Å². The summed E-state index contributed by atoms with van der Waals surface area (Å²) >= 11 is 3.07. The van der Waals surface area contributed by atoms with Crippen molar-refractivity contribution in [3.63, 3.8) is 0 Å². The van der Waals surface area contributed by atoms with Crippen LogP contribution in [0.4, 0.5) is 14.9 Å². The summed E-state index contributed by atoms with van der Waals surface area (Å²) < 4.78 is 13.7. The summed E-state index contributed by atoms with van der Waals surface area (Å²) in [7, 11) is 0. The second kappa shape index (κ2) is 6.99. The van der Waals surface area contributed by atoms with Crippen LogP contribution in [0, 0.1) is 12.7 Å². The number of rotatable bonds is 3. The zero-order valence-electron chi connectivity index (χ0n) is 11.2. The molecule has 21 heavy (non-hydrogen) atoms. The SMILES string of the molecule is Cc1ccccc1NC(=O)N/N=C/c1ccc(Br)c(F)c1. The Hall–Kier alpha value is -2.21. The smallest absolute Gasteiger partial charge is 0.306 e. The molecule has 4 nitrogen and oxygen atoms in total. The van der Waals surface area contributed by atoms with E-state index in [-0.39, 0.29) is 5.82 Å². The summed E-state index contributed by atoms with van der Waals surface area (Å²) in [5, 5.41) is 6.44. The third-order valence-corrected chi connectivity index (χ3v) is 3.36. The molecule has 0 fully saturated rings. The van der Waals surface area contributed by atoms with Crippen LogP contribution < -0.4 is 10.7 Å². The fourth-order valence-corrected chi connectivity index (χ4v) is 1.87. The van der Waals surface area contributed by atoms with Gasteiger partial charge in [0.05, 0.1) is 10.7 Å². The molecule has 0 radical (unpaired) electrons. The Balaban J connectivity index is 1.93. The topological polar surface area (TPSA) is 53.5 Å². The molecule has 6 heteroatoms. The number of hydrogen-bond donors (Lipinski definition) is 2. The summed E-state index contributed by atoms with van der Waals surface area (Å²) in [5.74, 6) is -0.386. The van der Waals surface area contributed by atoms with Gasteiger partial charge in [0.15, 0.2) is 0 Å². The maximum absolute atomic E-state index is 13.3. The Kier molecular flexibility index (Phi) is 5.05. The van der Waals surface area contributed by atoms with Gasteiger partial charge in [-0.1, -0.05) is 24.3 Å². The van der Waals surface area contributed by atoms with Crippen molar-refractivity contribution in [1.29, 1.82) is 0 Å². The van der Waals surface area contributed by atoms with Gasteiger partial charge in [0.2, 0.25) is 0 Å². The van der Waals surface area contributed by atoms with E-state index in [9.17, 15) is 9.18 Å². The van der Waals surface area contributed by atoms with Gasteiger partial charge in [-0.2, -0.15) is 5.10 Å². The summed E-state index contributed by atoms with van der Waals surface area (Å²) in [6.07, 6.45) is 1.37. The number of amides is 2. The fourth-order valence-electron chi connectivity index (χ4n) is 1.62. The molecule has 2 rings (SSSR count). The van der Waals surface area contributed by atoms with Crippen molar-refractivity contribution in [2.24, 2.45) is 5.10 Å². The van der Waals surface area contributed by atoms with E-state index in [1.807, 2.05) is 25.1 Å². The zero-order valence-corrected chi connectivity index (χ0v) is 12.8.